The van der Waals surface area contributed by atoms with Crippen LogP contribution in [-0.2, 0) is 0 Å². The Bertz CT molecular complexity index is 364. The monoisotopic (exact) mass is 251 g/mol. The lowest BCUT2D eigenvalue weighted by molar-refractivity contribution is 0.307. The summed E-state index contributed by atoms with van der Waals surface area (Å²) in [5.74, 6) is 1.47. The van der Waals surface area contributed by atoms with Crippen LogP contribution in [0, 0.1) is 0 Å². The zero-order valence-corrected chi connectivity index (χ0v) is 11.9. The Hall–Kier alpha value is -1.45. The quantitative estimate of drug-likeness (QED) is 0.809. The van der Waals surface area contributed by atoms with Gasteiger partial charge in [-0.2, -0.15) is 4.98 Å². The first-order valence-electron chi connectivity index (χ1n) is 6.76. The number of ether oxygens (including phenoxy) is 1. The van der Waals surface area contributed by atoms with Crippen molar-refractivity contribution in [2.45, 2.75) is 46.1 Å². The molecule has 4 nitrogen and oxygen atoms in total. The van der Waals surface area contributed by atoms with E-state index in [-0.39, 0.29) is 0 Å². The Morgan fingerprint density at radius 3 is 2.50 bits per heavy atom. The average Bonchev–Trinajstić information content (AvgIpc) is 2.39. The van der Waals surface area contributed by atoms with Crippen molar-refractivity contribution in [1.29, 1.82) is 0 Å². The summed E-state index contributed by atoms with van der Waals surface area (Å²) in [6.07, 6.45) is 3.15. The molecule has 2 N–H and O–H groups in total. The molecule has 0 saturated carbocycles. The van der Waals surface area contributed by atoms with Crippen LogP contribution in [0.1, 0.15) is 40.0 Å². The lowest BCUT2D eigenvalue weighted by Crippen LogP contribution is -2.31. The van der Waals surface area contributed by atoms with Crippen LogP contribution in [0.15, 0.2) is 12.1 Å². The van der Waals surface area contributed by atoms with Crippen molar-refractivity contribution in [2.75, 3.05) is 24.3 Å². The van der Waals surface area contributed by atoms with E-state index >= 15 is 0 Å². The van der Waals surface area contributed by atoms with E-state index in [1.165, 1.54) is 0 Å². The summed E-state index contributed by atoms with van der Waals surface area (Å²) in [5.41, 5.74) is 6.47. The number of hydrogen-bond acceptors (Lipinski definition) is 4. The van der Waals surface area contributed by atoms with E-state index in [0.717, 1.165) is 25.1 Å². The lowest BCUT2D eigenvalue weighted by Gasteiger charge is -2.27. The minimum absolute atomic E-state index is 0.500. The van der Waals surface area contributed by atoms with Gasteiger partial charge in [-0.25, -0.2) is 0 Å². The SMILES string of the molecule is CCCOc1nc(N(C)C(CC)CC)ccc1N. The number of nitrogen functional groups attached to an aromatic ring is 1. The summed E-state index contributed by atoms with van der Waals surface area (Å²) < 4.78 is 5.56. The number of hydrogen-bond donors (Lipinski definition) is 1. The number of anilines is 2. The van der Waals surface area contributed by atoms with Crippen LogP contribution in [0.3, 0.4) is 0 Å². The number of pyridine rings is 1. The molecule has 0 aromatic carbocycles. The third-order valence-electron chi connectivity index (χ3n) is 3.17. The third kappa shape index (κ3) is 3.52. The lowest BCUT2D eigenvalue weighted by atomic mass is 10.1. The van der Waals surface area contributed by atoms with E-state index < -0.39 is 0 Å². The summed E-state index contributed by atoms with van der Waals surface area (Å²) in [4.78, 5) is 6.70. The minimum Gasteiger partial charge on any atom is -0.476 e. The summed E-state index contributed by atoms with van der Waals surface area (Å²) >= 11 is 0. The van der Waals surface area contributed by atoms with Gasteiger partial charge in [0, 0.05) is 13.1 Å². The fourth-order valence-electron chi connectivity index (χ4n) is 1.98. The smallest absolute Gasteiger partial charge is 0.239 e. The van der Waals surface area contributed by atoms with Crippen LogP contribution in [0.25, 0.3) is 0 Å². The molecule has 1 heterocycles. The molecule has 0 saturated heterocycles. The zero-order chi connectivity index (χ0) is 13.5. The van der Waals surface area contributed by atoms with Gasteiger partial charge in [-0.05, 0) is 31.4 Å². The average molecular weight is 251 g/mol. The van der Waals surface area contributed by atoms with Crippen LogP contribution in [0.4, 0.5) is 11.5 Å². The maximum Gasteiger partial charge on any atom is 0.239 e. The number of nitrogens with zero attached hydrogens (tertiary/aromatic N) is 2. The molecule has 0 bridgehead atoms. The van der Waals surface area contributed by atoms with Crippen LogP contribution in [0.2, 0.25) is 0 Å². The Labute approximate surface area is 110 Å². The highest BCUT2D eigenvalue weighted by Crippen LogP contribution is 2.24. The van der Waals surface area contributed by atoms with Crippen LogP contribution in [-0.4, -0.2) is 24.7 Å². The molecule has 0 radical (unpaired) electrons. The fourth-order valence-corrected chi connectivity index (χ4v) is 1.98. The summed E-state index contributed by atoms with van der Waals surface area (Å²) in [7, 11) is 2.07. The first-order chi connectivity index (χ1) is 8.63. The van der Waals surface area contributed by atoms with E-state index in [1.54, 1.807) is 0 Å². The van der Waals surface area contributed by atoms with Gasteiger partial charge in [0.2, 0.25) is 5.88 Å². The highest BCUT2D eigenvalue weighted by Gasteiger charge is 2.14. The molecule has 102 valence electrons. The van der Waals surface area contributed by atoms with Gasteiger partial charge < -0.3 is 15.4 Å². The topological polar surface area (TPSA) is 51.4 Å². The molecule has 0 aliphatic carbocycles. The maximum absolute atomic E-state index is 5.87. The second-order valence-corrected chi connectivity index (χ2v) is 4.49. The second-order valence-electron chi connectivity index (χ2n) is 4.49. The van der Waals surface area contributed by atoms with E-state index in [1.807, 2.05) is 12.1 Å². The van der Waals surface area contributed by atoms with Crippen molar-refractivity contribution in [3.63, 3.8) is 0 Å². The van der Waals surface area contributed by atoms with E-state index in [4.69, 9.17) is 10.5 Å². The molecule has 1 aromatic rings. The molecule has 0 aliphatic rings. The van der Waals surface area contributed by atoms with Crippen LogP contribution in [0.5, 0.6) is 5.88 Å². The molecule has 18 heavy (non-hydrogen) atoms. The van der Waals surface area contributed by atoms with E-state index in [9.17, 15) is 0 Å². The Morgan fingerprint density at radius 1 is 1.28 bits per heavy atom. The van der Waals surface area contributed by atoms with Crippen molar-refractivity contribution >= 4 is 11.5 Å². The van der Waals surface area contributed by atoms with Gasteiger partial charge >= 0.3 is 0 Å². The molecule has 0 fully saturated rings. The molecule has 0 aliphatic heterocycles. The maximum atomic E-state index is 5.87. The van der Waals surface area contributed by atoms with Gasteiger partial charge in [-0.3, -0.25) is 0 Å². The van der Waals surface area contributed by atoms with E-state index in [0.29, 0.717) is 24.2 Å². The zero-order valence-electron chi connectivity index (χ0n) is 11.9. The largest absolute Gasteiger partial charge is 0.476 e. The fraction of sp³-hybridized carbons (Fsp3) is 0.643. The minimum atomic E-state index is 0.500. The normalized spacial score (nSPS) is 10.7. The predicted octanol–water partition coefficient (Wildman–Crippen LogP) is 3.08. The van der Waals surface area contributed by atoms with Crippen molar-refractivity contribution in [3.8, 4) is 5.88 Å². The van der Waals surface area contributed by atoms with Crippen molar-refractivity contribution in [1.82, 2.24) is 4.98 Å². The van der Waals surface area contributed by atoms with Crippen LogP contribution < -0.4 is 15.4 Å². The highest BCUT2D eigenvalue weighted by molar-refractivity contribution is 5.54. The molecule has 0 spiro atoms. The Morgan fingerprint density at radius 2 is 1.94 bits per heavy atom. The van der Waals surface area contributed by atoms with Gasteiger partial charge in [-0.15, -0.1) is 0 Å². The summed E-state index contributed by atoms with van der Waals surface area (Å²) in [6, 6.07) is 4.32. The van der Waals surface area contributed by atoms with Crippen molar-refractivity contribution < 1.29 is 4.74 Å². The van der Waals surface area contributed by atoms with Gasteiger partial charge in [0.15, 0.2) is 0 Å². The number of rotatable bonds is 7. The molecule has 0 amide bonds. The van der Waals surface area contributed by atoms with Gasteiger partial charge in [0.1, 0.15) is 5.82 Å². The van der Waals surface area contributed by atoms with Crippen molar-refractivity contribution in [2.24, 2.45) is 0 Å². The molecule has 0 atom stereocenters. The molecular weight excluding hydrogens is 226 g/mol. The molecule has 1 aromatic heterocycles. The summed E-state index contributed by atoms with van der Waals surface area (Å²) in [5, 5.41) is 0. The molecule has 0 unspecified atom stereocenters. The van der Waals surface area contributed by atoms with Gasteiger partial charge in [0.25, 0.3) is 0 Å². The number of aromatic nitrogens is 1. The molecule has 1 rings (SSSR count). The molecular formula is C14H25N3O. The Kier molecular flexibility index (Phi) is 5.75. The third-order valence-corrected chi connectivity index (χ3v) is 3.17. The number of nitrogens with two attached hydrogens (primary N) is 1. The van der Waals surface area contributed by atoms with Gasteiger partial charge in [-0.1, -0.05) is 20.8 Å². The first-order valence-corrected chi connectivity index (χ1v) is 6.76. The van der Waals surface area contributed by atoms with Crippen molar-refractivity contribution in [3.05, 3.63) is 12.1 Å². The second kappa shape index (κ2) is 7.09. The van der Waals surface area contributed by atoms with Crippen LogP contribution >= 0.6 is 0 Å². The first kappa shape index (κ1) is 14.6. The van der Waals surface area contributed by atoms with Gasteiger partial charge in [0.05, 0.1) is 12.3 Å². The highest BCUT2D eigenvalue weighted by atomic mass is 16.5. The molecule has 4 heteroatoms. The van der Waals surface area contributed by atoms with E-state index in [2.05, 4.69) is 37.7 Å². The Balaban J connectivity index is 2.89. The standard InChI is InChI=1S/C14H25N3O/c1-5-10-18-14-12(15)8-9-13(16-14)17(4)11(6-2)7-3/h8-9,11H,5-7,10,15H2,1-4H3. The summed E-state index contributed by atoms with van der Waals surface area (Å²) in [6.45, 7) is 7.10. The predicted molar refractivity (Wildman–Crippen MR) is 77.2 cm³/mol.